The van der Waals surface area contributed by atoms with E-state index in [0.29, 0.717) is 18.4 Å². The Morgan fingerprint density at radius 3 is 2.95 bits per heavy atom. The Morgan fingerprint density at radius 1 is 1.58 bits per heavy atom. The van der Waals surface area contributed by atoms with Crippen molar-refractivity contribution >= 4 is 23.1 Å². The molecule has 102 valence electrons. The molecule has 19 heavy (non-hydrogen) atoms. The molecule has 2 aromatic rings. The van der Waals surface area contributed by atoms with Gasteiger partial charge in [-0.15, -0.1) is 0 Å². The third kappa shape index (κ3) is 2.90. The van der Waals surface area contributed by atoms with E-state index in [1.165, 1.54) is 10.9 Å². The maximum Gasteiger partial charge on any atom is 0.323 e. The molecule has 2 rings (SSSR count). The van der Waals surface area contributed by atoms with Crippen LogP contribution in [0.2, 0.25) is 0 Å². The lowest BCUT2D eigenvalue weighted by molar-refractivity contribution is -0.137. The molecule has 0 saturated heterocycles. The smallest absolute Gasteiger partial charge is 0.323 e. The maximum atomic E-state index is 11.8. The number of nitrogens with zero attached hydrogens (tertiary/aromatic N) is 3. The number of anilines is 1. The second-order valence-electron chi connectivity index (χ2n) is 4.63. The van der Waals surface area contributed by atoms with Gasteiger partial charge in [-0.3, -0.25) is 14.6 Å². The van der Waals surface area contributed by atoms with Crippen molar-refractivity contribution in [3.8, 4) is 0 Å². The number of carboxylic acid groups (broad SMARTS) is 1. The highest BCUT2D eigenvalue weighted by Gasteiger charge is 2.12. The minimum absolute atomic E-state index is 0.136. The Labute approximate surface area is 108 Å². The average Bonchev–Trinajstić information content (AvgIpc) is 2.70. The molecule has 0 bridgehead atoms. The Kier molecular flexibility index (Phi) is 3.50. The van der Waals surface area contributed by atoms with Crippen LogP contribution in [-0.2, 0) is 11.3 Å². The first kappa shape index (κ1) is 13.1. The van der Waals surface area contributed by atoms with Crippen molar-refractivity contribution in [2.24, 2.45) is 5.92 Å². The van der Waals surface area contributed by atoms with E-state index in [0.717, 1.165) is 0 Å². The molecule has 0 aliphatic carbocycles. The number of aliphatic carboxylic acids is 1. The van der Waals surface area contributed by atoms with Crippen LogP contribution < -0.4 is 10.9 Å². The van der Waals surface area contributed by atoms with E-state index in [2.05, 4.69) is 20.3 Å². The molecule has 0 spiro atoms. The summed E-state index contributed by atoms with van der Waals surface area (Å²) < 4.78 is 1.33. The van der Waals surface area contributed by atoms with E-state index in [9.17, 15) is 9.59 Å². The van der Waals surface area contributed by atoms with Gasteiger partial charge in [-0.25, -0.2) is 4.98 Å². The molecular weight excluding hydrogens is 250 g/mol. The van der Waals surface area contributed by atoms with E-state index >= 15 is 0 Å². The lowest BCUT2D eigenvalue weighted by Gasteiger charge is -2.07. The summed E-state index contributed by atoms with van der Waals surface area (Å²) in [5.41, 5.74) is 0.00847. The number of rotatable bonds is 5. The molecule has 0 radical (unpaired) electrons. The molecule has 0 aromatic carbocycles. The van der Waals surface area contributed by atoms with E-state index in [-0.39, 0.29) is 23.3 Å². The van der Waals surface area contributed by atoms with Crippen LogP contribution in [0, 0.1) is 5.92 Å². The third-order valence-electron chi connectivity index (χ3n) is 2.46. The average molecular weight is 265 g/mol. The van der Waals surface area contributed by atoms with Crippen molar-refractivity contribution in [2.75, 3.05) is 11.9 Å². The number of carbonyl (C=O) groups is 1. The summed E-state index contributed by atoms with van der Waals surface area (Å²) in [6.07, 6.45) is 1.30. The van der Waals surface area contributed by atoms with Gasteiger partial charge in [0.2, 0.25) is 5.95 Å². The monoisotopic (exact) mass is 265 g/mol. The van der Waals surface area contributed by atoms with Gasteiger partial charge in [0.1, 0.15) is 6.54 Å². The van der Waals surface area contributed by atoms with Gasteiger partial charge in [-0.1, -0.05) is 13.8 Å². The predicted molar refractivity (Wildman–Crippen MR) is 69.1 cm³/mol. The molecule has 0 saturated carbocycles. The van der Waals surface area contributed by atoms with Crippen molar-refractivity contribution in [3.05, 3.63) is 16.7 Å². The summed E-state index contributed by atoms with van der Waals surface area (Å²) in [6.45, 7) is 4.43. The molecule has 0 amide bonds. The largest absolute Gasteiger partial charge is 0.480 e. The summed E-state index contributed by atoms with van der Waals surface area (Å²) in [5.74, 6) is -0.304. The second kappa shape index (κ2) is 5.09. The molecule has 0 unspecified atom stereocenters. The second-order valence-corrected chi connectivity index (χ2v) is 4.63. The van der Waals surface area contributed by atoms with Crippen LogP contribution in [0.25, 0.3) is 11.2 Å². The van der Waals surface area contributed by atoms with Crippen molar-refractivity contribution in [1.82, 2.24) is 19.5 Å². The summed E-state index contributed by atoms with van der Waals surface area (Å²) >= 11 is 0. The summed E-state index contributed by atoms with van der Waals surface area (Å²) in [7, 11) is 0. The standard InChI is InChI=1S/C11H15N5O3/c1-6(2)3-12-11-14-9-8(10(19)15-11)13-5-16(9)4-7(17)18/h5-6H,3-4H2,1-2H3,(H,17,18)(H2,12,14,15,19). The number of aromatic amines is 1. The highest BCUT2D eigenvalue weighted by atomic mass is 16.4. The molecule has 3 N–H and O–H groups in total. The van der Waals surface area contributed by atoms with Crippen LogP contribution in [-0.4, -0.2) is 37.1 Å². The van der Waals surface area contributed by atoms with Crippen LogP contribution in [0.3, 0.4) is 0 Å². The minimum Gasteiger partial charge on any atom is -0.480 e. The first-order valence-corrected chi connectivity index (χ1v) is 5.88. The molecule has 0 aliphatic rings. The van der Waals surface area contributed by atoms with E-state index < -0.39 is 5.97 Å². The minimum atomic E-state index is -1.02. The normalized spacial score (nSPS) is 11.1. The van der Waals surface area contributed by atoms with Gasteiger partial charge < -0.3 is 15.0 Å². The fraction of sp³-hybridized carbons (Fsp3) is 0.455. The van der Waals surface area contributed by atoms with E-state index in [4.69, 9.17) is 5.11 Å². The summed E-state index contributed by atoms with van der Waals surface area (Å²) in [4.78, 5) is 33.1. The third-order valence-corrected chi connectivity index (χ3v) is 2.46. The molecule has 0 fully saturated rings. The number of H-pyrrole nitrogens is 1. The van der Waals surface area contributed by atoms with Gasteiger partial charge in [0, 0.05) is 6.54 Å². The van der Waals surface area contributed by atoms with Crippen LogP contribution in [0.1, 0.15) is 13.8 Å². The Bertz CT molecular complexity index is 658. The highest BCUT2D eigenvalue weighted by molar-refractivity contribution is 5.74. The van der Waals surface area contributed by atoms with Crippen molar-refractivity contribution in [3.63, 3.8) is 0 Å². The van der Waals surface area contributed by atoms with Gasteiger partial charge >= 0.3 is 5.97 Å². The Morgan fingerprint density at radius 2 is 2.32 bits per heavy atom. The predicted octanol–water partition coefficient (Wildman–Crippen LogP) is 0.272. The van der Waals surface area contributed by atoms with Crippen molar-refractivity contribution < 1.29 is 9.90 Å². The van der Waals surface area contributed by atoms with Crippen molar-refractivity contribution in [2.45, 2.75) is 20.4 Å². The topological polar surface area (TPSA) is 113 Å². The van der Waals surface area contributed by atoms with Crippen LogP contribution in [0.15, 0.2) is 11.1 Å². The van der Waals surface area contributed by atoms with Crippen LogP contribution in [0.5, 0.6) is 0 Å². The number of nitrogens with one attached hydrogen (secondary N) is 2. The lowest BCUT2D eigenvalue weighted by atomic mass is 10.2. The van der Waals surface area contributed by atoms with Gasteiger partial charge in [0.25, 0.3) is 5.56 Å². The van der Waals surface area contributed by atoms with Gasteiger partial charge in [-0.2, -0.15) is 4.98 Å². The fourth-order valence-corrected chi connectivity index (χ4v) is 1.60. The maximum absolute atomic E-state index is 11.8. The highest BCUT2D eigenvalue weighted by Crippen LogP contribution is 2.08. The number of hydrogen-bond donors (Lipinski definition) is 3. The first-order valence-electron chi connectivity index (χ1n) is 5.88. The number of carboxylic acids is 1. The molecule has 8 heteroatoms. The van der Waals surface area contributed by atoms with E-state index in [1.807, 2.05) is 13.8 Å². The van der Waals surface area contributed by atoms with Gasteiger partial charge in [-0.05, 0) is 5.92 Å². The van der Waals surface area contributed by atoms with Crippen LogP contribution in [0.4, 0.5) is 5.95 Å². The number of aromatic nitrogens is 4. The summed E-state index contributed by atoms with van der Waals surface area (Å²) in [5, 5.41) is 11.8. The summed E-state index contributed by atoms with van der Waals surface area (Å²) in [6, 6.07) is 0. The van der Waals surface area contributed by atoms with Crippen molar-refractivity contribution in [1.29, 1.82) is 0 Å². The first-order chi connectivity index (χ1) is 8.97. The quantitative estimate of drug-likeness (QED) is 0.715. The molecule has 2 aromatic heterocycles. The zero-order valence-corrected chi connectivity index (χ0v) is 10.7. The van der Waals surface area contributed by atoms with E-state index in [1.54, 1.807) is 0 Å². The molecular formula is C11H15N5O3. The van der Waals surface area contributed by atoms with Gasteiger partial charge in [0.05, 0.1) is 6.33 Å². The molecule has 0 atom stereocenters. The number of hydrogen-bond acceptors (Lipinski definition) is 5. The van der Waals surface area contributed by atoms with Crippen LogP contribution >= 0.6 is 0 Å². The zero-order chi connectivity index (χ0) is 14.0. The molecule has 8 nitrogen and oxygen atoms in total. The van der Waals surface area contributed by atoms with Gasteiger partial charge in [0.15, 0.2) is 11.2 Å². The number of fused-ring (bicyclic) bond motifs is 1. The Balaban J connectivity index is 2.41. The zero-order valence-electron chi connectivity index (χ0n) is 10.7. The molecule has 0 aliphatic heterocycles. The lowest BCUT2D eigenvalue weighted by Crippen LogP contribution is -2.17. The number of imidazole rings is 1. The molecule has 2 heterocycles. The fourth-order valence-electron chi connectivity index (χ4n) is 1.60. The SMILES string of the molecule is CC(C)CNc1nc2c(ncn2CC(=O)O)c(=O)[nH]1. The Hall–Kier alpha value is -2.38.